The van der Waals surface area contributed by atoms with Gasteiger partial charge in [-0.05, 0) is 36.4 Å². The largest absolute Gasteiger partial charge is 0.492 e. The number of nitrogens with zero attached hydrogens (tertiary/aromatic N) is 3. The number of aromatic nitrogens is 1. The smallest absolute Gasteiger partial charge is 0.333 e. The Balaban J connectivity index is 1.63. The van der Waals surface area contributed by atoms with Crippen molar-refractivity contribution in [2.24, 2.45) is 0 Å². The summed E-state index contributed by atoms with van der Waals surface area (Å²) in [5.74, 6) is -1.03. The molecule has 0 unspecified atom stereocenters. The first-order valence-corrected chi connectivity index (χ1v) is 9.65. The van der Waals surface area contributed by atoms with Crippen LogP contribution in [0.3, 0.4) is 0 Å². The van der Waals surface area contributed by atoms with Gasteiger partial charge in [0, 0.05) is 36.8 Å². The SMILES string of the molecule is CN1C(=O)C(=Cc2cn(CCOc3ccc(F)cc3)c3ccccc23)C(=O)N(C)C1=O. The first kappa shape index (κ1) is 20.3. The molecule has 8 heteroatoms. The Labute approximate surface area is 177 Å². The molecule has 31 heavy (non-hydrogen) atoms. The molecule has 2 heterocycles. The number of carbonyl (C=O) groups is 3. The van der Waals surface area contributed by atoms with Crippen molar-refractivity contribution in [1.29, 1.82) is 0 Å². The third-order valence-electron chi connectivity index (χ3n) is 5.18. The van der Waals surface area contributed by atoms with E-state index in [2.05, 4.69) is 0 Å². The van der Waals surface area contributed by atoms with Crippen molar-refractivity contribution in [3.8, 4) is 5.75 Å². The molecule has 0 aliphatic carbocycles. The van der Waals surface area contributed by atoms with Gasteiger partial charge >= 0.3 is 6.03 Å². The molecule has 4 rings (SSSR count). The highest BCUT2D eigenvalue weighted by Gasteiger charge is 2.37. The zero-order chi connectivity index (χ0) is 22.1. The van der Waals surface area contributed by atoms with Crippen molar-refractivity contribution in [2.45, 2.75) is 6.54 Å². The molecule has 1 aliphatic rings. The van der Waals surface area contributed by atoms with Crippen LogP contribution < -0.4 is 4.74 Å². The summed E-state index contributed by atoms with van der Waals surface area (Å²) >= 11 is 0. The molecule has 3 aromatic rings. The van der Waals surface area contributed by atoms with Gasteiger partial charge in [0.05, 0.1) is 6.54 Å². The van der Waals surface area contributed by atoms with Crippen LogP contribution in [-0.4, -0.2) is 52.9 Å². The van der Waals surface area contributed by atoms with Gasteiger partial charge in [-0.3, -0.25) is 19.4 Å². The lowest BCUT2D eigenvalue weighted by Crippen LogP contribution is -2.52. The highest BCUT2D eigenvalue weighted by molar-refractivity contribution is 6.31. The first-order chi connectivity index (χ1) is 14.9. The minimum Gasteiger partial charge on any atom is -0.492 e. The summed E-state index contributed by atoms with van der Waals surface area (Å²) in [6, 6.07) is 12.7. The molecule has 158 valence electrons. The number of ether oxygens (including phenoxy) is 1. The number of barbiturate groups is 1. The third kappa shape index (κ3) is 3.79. The van der Waals surface area contributed by atoms with Crippen molar-refractivity contribution in [2.75, 3.05) is 20.7 Å². The lowest BCUT2D eigenvalue weighted by atomic mass is 10.1. The van der Waals surface area contributed by atoms with Crippen molar-refractivity contribution in [1.82, 2.24) is 14.4 Å². The predicted molar refractivity (Wildman–Crippen MR) is 113 cm³/mol. The van der Waals surface area contributed by atoms with Gasteiger partial charge in [0.1, 0.15) is 23.7 Å². The second-order valence-corrected chi connectivity index (χ2v) is 7.17. The highest BCUT2D eigenvalue weighted by atomic mass is 19.1. The lowest BCUT2D eigenvalue weighted by Gasteiger charge is -2.28. The van der Waals surface area contributed by atoms with Crippen molar-refractivity contribution in [3.05, 3.63) is 71.7 Å². The minimum absolute atomic E-state index is 0.0740. The molecule has 0 atom stereocenters. The normalized spacial score (nSPS) is 14.5. The fourth-order valence-electron chi connectivity index (χ4n) is 3.50. The van der Waals surface area contributed by atoms with Crippen LogP contribution in [0.1, 0.15) is 5.56 Å². The monoisotopic (exact) mass is 421 g/mol. The number of hydrogen-bond acceptors (Lipinski definition) is 4. The predicted octanol–water partition coefficient (Wildman–Crippen LogP) is 3.29. The van der Waals surface area contributed by atoms with E-state index < -0.39 is 17.8 Å². The van der Waals surface area contributed by atoms with Crippen LogP contribution in [0.5, 0.6) is 5.75 Å². The summed E-state index contributed by atoms with van der Waals surface area (Å²) in [5, 5.41) is 0.861. The molecule has 0 spiro atoms. The molecule has 7 nitrogen and oxygen atoms in total. The number of para-hydroxylation sites is 1. The second-order valence-electron chi connectivity index (χ2n) is 7.17. The molecular weight excluding hydrogens is 401 g/mol. The van der Waals surface area contributed by atoms with Gasteiger partial charge in [-0.15, -0.1) is 0 Å². The second kappa shape index (κ2) is 8.06. The van der Waals surface area contributed by atoms with Gasteiger partial charge in [-0.1, -0.05) is 18.2 Å². The van der Waals surface area contributed by atoms with E-state index in [1.54, 1.807) is 12.1 Å². The van der Waals surface area contributed by atoms with E-state index in [0.717, 1.165) is 20.7 Å². The van der Waals surface area contributed by atoms with Gasteiger partial charge in [-0.25, -0.2) is 9.18 Å². The quantitative estimate of drug-likeness (QED) is 0.468. The van der Waals surface area contributed by atoms with Gasteiger partial charge < -0.3 is 9.30 Å². The molecule has 1 aliphatic heterocycles. The molecule has 2 aromatic carbocycles. The fourth-order valence-corrected chi connectivity index (χ4v) is 3.50. The first-order valence-electron chi connectivity index (χ1n) is 9.65. The summed E-state index contributed by atoms with van der Waals surface area (Å²) in [6.45, 7) is 0.847. The minimum atomic E-state index is -0.660. The maximum Gasteiger partial charge on any atom is 0.333 e. The molecule has 0 radical (unpaired) electrons. The van der Waals surface area contributed by atoms with Crippen LogP contribution in [0.4, 0.5) is 9.18 Å². The topological polar surface area (TPSA) is 71.8 Å². The zero-order valence-corrected chi connectivity index (χ0v) is 17.0. The zero-order valence-electron chi connectivity index (χ0n) is 17.0. The van der Waals surface area contributed by atoms with E-state index >= 15 is 0 Å². The van der Waals surface area contributed by atoms with E-state index in [-0.39, 0.29) is 11.4 Å². The Morgan fingerprint density at radius 2 is 1.58 bits per heavy atom. The number of likely N-dealkylation sites (N-methyl/N-ethyl adjacent to an activating group) is 2. The Kier molecular flexibility index (Phi) is 5.29. The summed E-state index contributed by atoms with van der Waals surface area (Å²) in [6.07, 6.45) is 3.35. The number of amides is 4. The number of imide groups is 2. The highest BCUT2D eigenvalue weighted by Crippen LogP contribution is 2.26. The van der Waals surface area contributed by atoms with E-state index in [0.29, 0.717) is 24.5 Å². The Hall–Kier alpha value is -3.94. The van der Waals surface area contributed by atoms with E-state index in [9.17, 15) is 18.8 Å². The van der Waals surface area contributed by atoms with Crippen molar-refractivity contribution >= 4 is 34.8 Å². The summed E-state index contributed by atoms with van der Waals surface area (Å²) in [5.41, 5.74) is 1.52. The fraction of sp³-hybridized carbons (Fsp3) is 0.174. The molecule has 1 saturated heterocycles. The van der Waals surface area contributed by atoms with Crippen LogP contribution in [0.25, 0.3) is 17.0 Å². The van der Waals surface area contributed by atoms with Crippen LogP contribution in [-0.2, 0) is 16.1 Å². The number of halogens is 1. The van der Waals surface area contributed by atoms with Gasteiger partial charge in [-0.2, -0.15) is 0 Å². The number of carbonyl (C=O) groups excluding carboxylic acids is 3. The van der Waals surface area contributed by atoms with Gasteiger partial charge in [0.25, 0.3) is 11.8 Å². The van der Waals surface area contributed by atoms with E-state index in [1.807, 2.05) is 35.0 Å². The number of urea groups is 1. The van der Waals surface area contributed by atoms with E-state index in [1.165, 1.54) is 32.3 Å². The van der Waals surface area contributed by atoms with Crippen molar-refractivity contribution < 1.29 is 23.5 Å². The summed E-state index contributed by atoms with van der Waals surface area (Å²) in [7, 11) is 2.69. The number of fused-ring (bicyclic) bond motifs is 1. The van der Waals surface area contributed by atoms with Crippen LogP contribution in [0.15, 0.2) is 60.3 Å². The van der Waals surface area contributed by atoms with Crippen LogP contribution >= 0.6 is 0 Å². The molecular formula is C23H20FN3O4. The van der Waals surface area contributed by atoms with E-state index in [4.69, 9.17) is 4.74 Å². The number of benzene rings is 2. The molecule has 0 saturated carbocycles. The third-order valence-corrected chi connectivity index (χ3v) is 5.18. The Bertz CT molecular complexity index is 1190. The Morgan fingerprint density at radius 3 is 2.26 bits per heavy atom. The summed E-state index contributed by atoms with van der Waals surface area (Å²) in [4.78, 5) is 38.9. The summed E-state index contributed by atoms with van der Waals surface area (Å²) < 4.78 is 20.7. The van der Waals surface area contributed by atoms with Gasteiger partial charge in [0.2, 0.25) is 0 Å². The lowest BCUT2D eigenvalue weighted by molar-refractivity contribution is -0.134. The molecule has 1 fully saturated rings. The molecule has 0 bridgehead atoms. The molecule has 0 N–H and O–H groups in total. The average Bonchev–Trinajstić information content (AvgIpc) is 3.13. The van der Waals surface area contributed by atoms with Crippen LogP contribution in [0.2, 0.25) is 0 Å². The molecule has 1 aromatic heterocycles. The average molecular weight is 421 g/mol. The maximum atomic E-state index is 13.0. The maximum absolute atomic E-state index is 13.0. The van der Waals surface area contributed by atoms with Crippen molar-refractivity contribution in [3.63, 3.8) is 0 Å². The standard InChI is InChI=1S/C23H20FN3O4/c1-25-21(28)19(22(29)26(2)23(25)30)13-15-14-27(20-6-4-3-5-18(15)20)11-12-31-17-9-7-16(24)8-10-17/h3-10,13-14H,11-12H2,1-2H3. The van der Waals surface area contributed by atoms with Crippen LogP contribution in [0, 0.1) is 5.82 Å². The van der Waals surface area contributed by atoms with Gasteiger partial charge in [0.15, 0.2) is 0 Å². The Morgan fingerprint density at radius 1 is 0.935 bits per heavy atom. The number of rotatable bonds is 5. The number of hydrogen-bond donors (Lipinski definition) is 0. The molecule has 4 amide bonds.